The maximum atomic E-state index is 11.0. The van der Waals surface area contributed by atoms with Crippen LogP contribution in [0.2, 0.25) is 0 Å². The highest BCUT2D eigenvalue weighted by molar-refractivity contribution is 7.90. The first kappa shape index (κ1) is 8.49. The van der Waals surface area contributed by atoms with Crippen molar-refractivity contribution in [3.63, 3.8) is 0 Å². The van der Waals surface area contributed by atoms with Gasteiger partial charge in [0, 0.05) is 0 Å². The zero-order valence-electron chi connectivity index (χ0n) is 6.32. The van der Waals surface area contributed by atoms with E-state index < -0.39 is 14.8 Å². The van der Waals surface area contributed by atoms with Crippen molar-refractivity contribution in [2.45, 2.75) is 18.1 Å². The maximum absolute atomic E-state index is 11.0. The van der Waals surface area contributed by atoms with Crippen molar-refractivity contribution in [3.8, 4) is 0 Å². The number of sulfonamides is 1. The molecule has 0 saturated heterocycles. The minimum absolute atomic E-state index is 0.461. The molecule has 2 N–H and O–H groups in total. The van der Waals surface area contributed by atoms with Gasteiger partial charge in [0.2, 0.25) is 10.0 Å². The summed E-state index contributed by atoms with van der Waals surface area (Å²) in [6.45, 7) is 1.61. The molecule has 0 amide bonds. The van der Waals surface area contributed by atoms with Crippen LogP contribution in [0.4, 0.5) is 0 Å². The summed E-state index contributed by atoms with van der Waals surface area (Å²) in [5.74, 6) is 0. The zero-order valence-corrected chi connectivity index (χ0v) is 7.14. The molecule has 0 saturated carbocycles. The highest BCUT2D eigenvalue weighted by Gasteiger charge is 2.33. The van der Waals surface area contributed by atoms with E-state index in [1.54, 1.807) is 25.2 Å². The van der Waals surface area contributed by atoms with Gasteiger partial charge in [-0.2, -0.15) is 0 Å². The molecule has 11 heavy (non-hydrogen) atoms. The van der Waals surface area contributed by atoms with Crippen molar-refractivity contribution < 1.29 is 8.42 Å². The van der Waals surface area contributed by atoms with Crippen LogP contribution in [0.3, 0.4) is 0 Å². The molecule has 1 unspecified atom stereocenters. The largest absolute Gasteiger partial charge is 0.228 e. The number of rotatable bonds is 1. The molecule has 0 aromatic rings. The summed E-state index contributed by atoms with van der Waals surface area (Å²) in [5.41, 5.74) is 0. The lowest BCUT2D eigenvalue weighted by molar-refractivity contribution is 0.564. The number of primary sulfonamides is 1. The molecule has 0 aromatic heterocycles. The third kappa shape index (κ3) is 1.52. The molecule has 1 rings (SSSR count). The van der Waals surface area contributed by atoms with Crippen LogP contribution in [0.5, 0.6) is 0 Å². The lowest BCUT2D eigenvalue weighted by Crippen LogP contribution is -2.38. The fraction of sp³-hybridized carbons (Fsp3) is 0.429. The van der Waals surface area contributed by atoms with Crippen molar-refractivity contribution in [2.75, 3.05) is 0 Å². The standard InChI is InChI=1S/C7H11NO2S/c1-7(11(8,9)10)5-3-2-4-6-7/h2-5H,6H2,1H3,(H2,8,9,10). The molecule has 1 aliphatic carbocycles. The van der Waals surface area contributed by atoms with Gasteiger partial charge in [-0.1, -0.05) is 24.3 Å². The van der Waals surface area contributed by atoms with Gasteiger partial charge in [0.1, 0.15) is 4.75 Å². The Bertz CT molecular complexity index is 302. The van der Waals surface area contributed by atoms with E-state index in [0.717, 1.165) is 0 Å². The molecule has 62 valence electrons. The summed E-state index contributed by atoms with van der Waals surface area (Å²) < 4.78 is 21.1. The third-order valence-electron chi connectivity index (χ3n) is 1.87. The molecule has 3 nitrogen and oxygen atoms in total. The summed E-state index contributed by atoms with van der Waals surface area (Å²) in [6.07, 6.45) is 7.38. The van der Waals surface area contributed by atoms with Crippen LogP contribution in [0.1, 0.15) is 13.3 Å². The van der Waals surface area contributed by atoms with Gasteiger partial charge >= 0.3 is 0 Å². The van der Waals surface area contributed by atoms with E-state index >= 15 is 0 Å². The van der Waals surface area contributed by atoms with Gasteiger partial charge in [-0.15, -0.1) is 0 Å². The Morgan fingerprint density at radius 2 is 2.09 bits per heavy atom. The SMILES string of the molecule is CC1(S(N)(=O)=O)C=CC=CC1. The lowest BCUT2D eigenvalue weighted by Gasteiger charge is -2.23. The van der Waals surface area contributed by atoms with Crippen molar-refractivity contribution >= 4 is 10.0 Å². The number of hydrogen-bond donors (Lipinski definition) is 1. The normalized spacial score (nSPS) is 30.7. The van der Waals surface area contributed by atoms with Crippen molar-refractivity contribution in [2.24, 2.45) is 5.14 Å². The van der Waals surface area contributed by atoms with Gasteiger partial charge < -0.3 is 0 Å². The van der Waals surface area contributed by atoms with Crippen molar-refractivity contribution in [1.82, 2.24) is 0 Å². The second-order valence-electron chi connectivity index (χ2n) is 2.85. The van der Waals surface area contributed by atoms with Crippen LogP contribution >= 0.6 is 0 Å². The van der Waals surface area contributed by atoms with Gasteiger partial charge in [-0.05, 0) is 13.3 Å². The Kier molecular flexibility index (Phi) is 1.90. The summed E-state index contributed by atoms with van der Waals surface area (Å²) in [7, 11) is -3.46. The van der Waals surface area contributed by atoms with Crippen LogP contribution in [0.15, 0.2) is 24.3 Å². The van der Waals surface area contributed by atoms with Crippen LogP contribution in [0, 0.1) is 0 Å². The Labute approximate surface area is 66.6 Å². The number of hydrogen-bond acceptors (Lipinski definition) is 2. The van der Waals surface area contributed by atoms with Gasteiger partial charge in [-0.25, -0.2) is 13.6 Å². The first-order chi connectivity index (χ1) is 4.96. The molecule has 0 aliphatic heterocycles. The van der Waals surface area contributed by atoms with Gasteiger partial charge in [0.15, 0.2) is 0 Å². The maximum Gasteiger partial charge on any atom is 0.218 e. The van der Waals surface area contributed by atoms with Crippen LogP contribution in [-0.2, 0) is 10.0 Å². The molecule has 0 heterocycles. The van der Waals surface area contributed by atoms with E-state index in [2.05, 4.69) is 0 Å². The predicted octanol–water partition coefficient (Wildman–Crippen LogP) is 0.550. The average molecular weight is 173 g/mol. The van der Waals surface area contributed by atoms with E-state index in [9.17, 15) is 8.42 Å². The minimum atomic E-state index is -3.46. The monoisotopic (exact) mass is 173 g/mol. The molecular formula is C7H11NO2S. The molecule has 0 aromatic carbocycles. The molecule has 0 spiro atoms. The van der Waals surface area contributed by atoms with Gasteiger partial charge in [0.05, 0.1) is 0 Å². The molecule has 1 atom stereocenters. The van der Waals surface area contributed by atoms with Crippen LogP contribution in [0.25, 0.3) is 0 Å². The van der Waals surface area contributed by atoms with E-state index in [4.69, 9.17) is 5.14 Å². The summed E-state index contributed by atoms with van der Waals surface area (Å²) >= 11 is 0. The van der Waals surface area contributed by atoms with Gasteiger partial charge in [-0.3, -0.25) is 0 Å². The van der Waals surface area contributed by atoms with Gasteiger partial charge in [0.25, 0.3) is 0 Å². The third-order valence-corrected chi connectivity index (χ3v) is 3.47. The summed E-state index contributed by atoms with van der Waals surface area (Å²) in [4.78, 5) is 0. The fourth-order valence-corrected chi connectivity index (χ4v) is 1.52. The molecule has 1 aliphatic rings. The van der Waals surface area contributed by atoms with Crippen LogP contribution < -0.4 is 5.14 Å². The second-order valence-corrected chi connectivity index (χ2v) is 4.87. The highest BCUT2D eigenvalue weighted by Crippen LogP contribution is 2.23. The zero-order chi connectivity index (χ0) is 8.54. The quantitative estimate of drug-likeness (QED) is 0.629. The Balaban J connectivity index is 3.04. The van der Waals surface area contributed by atoms with E-state index in [1.807, 2.05) is 6.08 Å². The second kappa shape index (κ2) is 2.46. The van der Waals surface area contributed by atoms with Crippen molar-refractivity contribution in [1.29, 1.82) is 0 Å². The van der Waals surface area contributed by atoms with Crippen LogP contribution in [-0.4, -0.2) is 13.2 Å². The van der Waals surface area contributed by atoms with Crippen molar-refractivity contribution in [3.05, 3.63) is 24.3 Å². The molecule has 0 bridgehead atoms. The lowest BCUT2D eigenvalue weighted by atomic mass is 10.0. The number of allylic oxidation sites excluding steroid dienone is 3. The first-order valence-electron chi connectivity index (χ1n) is 3.32. The van der Waals surface area contributed by atoms with E-state index in [1.165, 1.54) is 0 Å². The Morgan fingerprint density at radius 1 is 1.45 bits per heavy atom. The molecule has 0 radical (unpaired) electrons. The average Bonchev–Trinajstić information content (AvgIpc) is 1.87. The summed E-state index contributed by atoms with van der Waals surface area (Å²) in [5, 5.41) is 5.03. The first-order valence-corrected chi connectivity index (χ1v) is 4.87. The fourth-order valence-electron chi connectivity index (χ4n) is 0.919. The predicted molar refractivity (Wildman–Crippen MR) is 44.4 cm³/mol. The number of nitrogens with two attached hydrogens (primary N) is 1. The summed E-state index contributed by atoms with van der Waals surface area (Å²) in [6, 6.07) is 0. The topological polar surface area (TPSA) is 60.2 Å². The highest BCUT2D eigenvalue weighted by atomic mass is 32.2. The molecular weight excluding hydrogens is 162 g/mol. The smallest absolute Gasteiger partial charge is 0.218 e. The molecule has 0 fully saturated rings. The molecule has 4 heteroatoms. The van der Waals surface area contributed by atoms with E-state index in [0.29, 0.717) is 6.42 Å². The minimum Gasteiger partial charge on any atom is -0.228 e. The Morgan fingerprint density at radius 3 is 2.36 bits per heavy atom. The Hall–Kier alpha value is -0.610. The van der Waals surface area contributed by atoms with E-state index in [-0.39, 0.29) is 0 Å².